The average molecular weight is 349 g/mol. The van der Waals surface area contributed by atoms with Crippen LogP contribution in [-0.2, 0) is 15.1 Å². The molecule has 0 aromatic carbocycles. The monoisotopic (exact) mass is 349 g/mol. The first-order valence-corrected chi connectivity index (χ1v) is 8.47. The van der Waals surface area contributed by atoms with Crippen LogP contribution in [0.2, 0.25) is 0 Å². The highest BCUT2D eigenvalue weighted by Gasteiger charge is 2.47. The molecule has 3 rings (SSSR count). The van der Waals surface area contributed by atoms with Gasteiger partial charge in [0.05, 0.1) is 24.4 Å². The van der Waals surface area contributed by atoms with Gasteiger partial charge in [-0.15, -0.1) is 11.3 Å². The van der Waals surface area contributed by atoms with E-state index < -0.39 is 17.6 Å². The Bertz CT molecular complexity index is 564. The van der Waals surface area contributed by atoms with Crippen molar-refractivity contribution < 1.29 is 22.7 Å². The fraction of sp³-hybridized carbons (Fsp3) is 0.714. The number of morpholine rings is 1. The Labute approximate surface area is 135 Å². The lowest BCUT2D eigenvalue weighted by Crippen LogP contribution is -2.49. The van der Waals surface area contributed by atoms with E-state index in [2.05, 4.69) is 15.2 Å². The van der Waals surface area contributed by atoms with Gasteiger partial charge in [0.1, 0.15) is 0 Å². The van der Waals surface area contributed by atoms with Crippen LogP contribution in [0.4, 0.5) is 18.3 Å². The van der Waals surface area contributed by atoms with E-state index in [-0.39, 0.29) is 0 Å². The van der Waals surface area contributed by atoms with Crippen molar-refractivity contribution in [2.24, 2.45) is 0 Å². The molecule has 128 valence electrons. The van der Waals surface area contributed by atoms with Crippen LogP contribution in [0.1, 0.15) is 31.4 Å². The molecule has 5 nitrogen and oxygen atoms in total. The molecule has 1 amide bonds. The van der Waals surface area contributed by atoms with E-state index in [1.54, 1.807) is 5.38 Å². The molecule has 1 aliphatic heterocycles. The van der Waals surface area contributed by atoms with Crippen LogP contribution >= 0.6 is 11.3 Å². The van der Waals surface area contributed by atoms with Crippen LogP contribution in [-0.4, -0.2) is 43.4 Å². The summed E-state index contributed by atoms with van der Waals surface area (Å²) in [4.78, 5) is 18.0. The lowest BCUT2D eigenvalue weighted by atomic mass is 9.94. The van der Waals surface area contributed by atoms with Gasteiger partial charge in [-0.25, -0.2) is 4.98 Å². The van der Waals surface area contributed by atoms with Crippen LogP contribution in [0.25, 0.3) is 0 Å². The SMILES string of the molecule is O=C(NC1(c2csc(N3CCOCC3)n2)CCCC1)C(F)(F)F. The van der Waals surface area contributed by atoms with Gasteiger partial charge in [0.15, 0.2) is 5.13 Å². The van der Waals surface area contributed by atoms with Crippen molar-refractivity contribution in [3.63, 3.8) is 0 Å². The largest absolute Gasteiger partial charge is 0.471 e. The van der Waals surface area contributed by atoms with Crippen molar-refractivity contribution >= 4 is 22.4 Å². The van der Waals surface area contributed by atoms with E-state index in [1.807, 2.05) is 0 Å². The second-order valence-electron chi connectivity index (χ2n) is 5.86. The molecule has 0 atom stereocenters. The molecule has 1 N–H and O–H groups in total. The highest BCUT2D eigenvalue weighted by Crippen LogP contribution is 2.41. The number of hydrogen-bond acceptors (Lipinski definition) is 5. The predicted octanol–water partition coefficient (Wildman–Crippen LogP) is 2.43. The number of rotatable bonds is 3. The molecule has 2 heterocycles. The maximum absolute atomic E-state index is 12.6. The summed E-state index contributed by atoms with van der Waals surface area (Å²) in [6.45, 7) is 2.67. The van der Waals surface area contributed by atoms with E-state index >= 15 is 0 Å². The van der Waals surface area contributed by atoms with E-state index in [0.717, 1.165) is 31.1 Å². The standard InChI is InChI=1S/C14H18F3N3O2S/c15-14(16,17)11(21)19-13(3-1-2-4-13)10-9-23-12(18-10)20-5-7-22-8-6-20/h9H,1-8H2,(H,19,21). The topological polar surface area (TPSA) is 54.5 Å². The van der Waals surface area contributed by atoms with E-state index in [9.17, 15) is 18.0 Å². The Kier molecular flexibility index (Phi) is 4.50. The summed E-state index contributed by atoms with van der Waals surface area (Å²) in [7, 11) is 0. The summed E-state index contributed by atoms with van der Waals surface area (Å²) in [5.74, 6) is -1.89. The first kappa shape index (κ1) is 16.5. The third-order valence-electron chi connectivity index (χ3n) is 4.33. The number of aromatic nitrogens is 1. The van der Waals surface area contributed by atoms with Gasteiger partial charge in [0, 0.05) is 18.5 Å². The molecule has 1 aliphatic carbocycles. The third-order valence-corrected chi connectivity index (χ3v) is 5.23. The number of halogens is 3. The molecule has 23 heavy (non-hydrogen) atoms. The average Bonchev–Trinajstić information content (AvgIpc) is 3.17. The Balaban J connectivity index is 1.81. The minimum Gasteiger partial charge on any atom is -0.378 e. The molecule has 9 heteroatoms. The summed E-state index contributed by atoms with van der Waals surface area (Å²) in [5, 5.41) is 4.75. The number of hydrogen-bond donors (Lipinski definition) is 1. The number of nitrogens with one attached hydrogen (secondary N) is 1. The maximum atomic E-state index is 12.6. The van der Waals surface area contributed by atoms with Crippen molar-refractivity contribution in [1.29, 1.82) is 0 Å². The van der Waals surface area contributed by atoms with Crippen molar-refractivity contribution in [2.75, 3.05) is 31.2 Å². The zero-order valence-corrected chi connectivity index (χ0v) is 13.3. The quantitative estimate of drug-likeness (QED) is 0.911. The van der Waals surface area contributed by atoms with Crippen molar-refractivity contribution in [2.45, 2.75) is 37.4 Å². The van der Waals surface area contributed by atoms with Gasteiger partial charge >= 0.3 is 12.1 Å². The van der Waals surface area contributed by atoms with Gasteiger partial charge in [0.2, 0.25) is 0 Å². The molecule has 1 saturated heterocycles. The van der Waals surface area contributed by atoms with Gasteiger partial charge in [-0.3, -0.25) is 4.79 Å². The van der Waals surface area contributed by atoms with E-state index in [4.69, 9.17) is 4.74 Å². The number of anilines is 1. The minimum atomic E-state index is -4.88. The summed E-state index contributed by atoms with van der Waals surface area (Å²) in [6.07, 6.45) is -2.34. The zero-order valence-electron chi connectivity index (χ0n) is 12.5. The van der Waals surface area contributed by atoms with Gasteiger partial charge < -0.3 is 15.0 Å². The number of carbonyl (C=O) groups is 1. The van der Waals surface area contributed by atoms with Crippen molar-refractivity contribution in [3.8, 4) is 0 Å². The normalized spacial score (nSPS) is 21.4. The maximum Gasteiger partial charge on any atom is 0.471 e. The molecular formula is C14H18F3N3O2S. The van der Waals surface area contributed by atoms with Crippen LogP contribution in [0.5, 0.6) is 0 Å². The second kappa shape index (κ2) is 6.27. The summed E-state index contributed by atoms with van der Waals surface area (Å²) in [6, 6.07) is 0. The highest BCUT2D eigenvalue weighted by molar-refractivity contribution is 7.13. The third kappa shape index (κ3) is 3.45. The Hall–Kier alpha value is -1.35. The summed E-state index contributed by atoms with van der Waals surface area (Å²) in [5.41, 5.74) is -0.452. The van der Waals surface area contributed by atoms with Gasteiger partial charge in [-0.1, -0.05) is 12.8 Å². The Morgan fingerprint density at radius 3 is 2.57 bits per heavy atom. The van der Waals surface area contributed by atoms with Crippen molar-refractivity contribution in [1.82, 2.24) is 10.3 Å². The lowest BCUT2D eigenvalue weighted by molar-refractivity contribution is -0.176. The Morgan fingerprint density at radius 1 is 1.30 bits per heavy atom. The molecule has 2 aliphatic rings. The zero-order chi connectivity index (χ0) is 16.5. The predicted molar refractivity (Wildman–Crippen MR) is 79.5 cm³/mol. The molecule has 0 bridgehead atoms. The first-order chi connectivity index (χ1) is 10.9. The number of nitrogens with zero attached hydrogens (tertiary/aromatic N) is 2. The fourth-order valence-corrected chi connectivity index (χ4v) is 4.07. The van der Waals surface area contributed by atoms with Gasteiger partial charge in [-0.2, -0.15) is 13.2 Å². The smallest absolute Gasteiger partial charge is 0.378 e. The van der Waals surface area contributed by atoms with E-state index in [1.165, 1.54) is 11.3 Å². The molecule has 1 aromatic heterocycles. The molecule has 2 fully saturated rings. The number of alkyl halides is 3. The minimum absolute atomic E-state index is 0.487. The summed E-state index contributed by atoms with van der Waals surface area (Å²) >= 11 is 1.40. The number of carbonyl (C=O) groups excluding carboxylic acids is 1. The molecule has 0 radical (unpaired) electrons. The lowest BCUT2D eigenvalue weighted by Gasteiger charge is -2.29. The van der Waals surface area contributed by atoms with Crippen molar-refractivity contribution in [3.05, 3.63) is 11.1 Å². The van der Waals surface area contributed by atoms with Crippen LogP contribution in [0.15, 0.2) is 5.38 Å². The molecule has 1 saturated carbocycles. The number of amides is 1. The van der Waals surface area contributed by atoms with Crippen LogP contribution in [0, 0.1) is 0 Å². The van der Waals surface area contributed by atoms with Gasteiger partial charge in [-0.05, 0) is 12.8 Å². The van der Waals surface area contributed by atoms with Crippen LogP contribution < -0.4 is 10.2 Å². The highest BCUT2D eigenvalue weighted by atomic mass is 32.1. The molecule has 1 aromatic rings. The first-order valence-electron chi connectivity index (χ1n) is 7.59. The van der Waals surface area contributed by atoms with Crippen LogP contribution in [0.3, 0.4) is 0 Å². The number of thiazole rings is 1. The van der Waals surface area contributed by atoms with Gasteiger partial charge in [0.25, 0.3) is 0 Å². The number of ether oxygens (including phenoxy) is 1. The molecular weight excluding hydrogens is 331 g/mol. The second-order valence-corrected chi connectivity index (χ2v) is 6.69. The van der Waals surface area contributed by atoms with E-state index in [0.29, 0.717) is 31.7 Å². The molecule has 0 spiro atoms. The summed E-state index contributed by atoms with van der Waals surface area (Å²) < 4.78 is 43.2. The Morgan fingerprint density at radius 2 is 1.96 bits per heavy atom. The molecule has 0 unspecified atom stereocenters. The fourth-order valence-electron chi connectivity index (χ4n) is 3.10.